The second-order valence-corrected chi connectivity index (χ2v) is 9.59. The number of nitrogens with zero attached hydrogens (tertiary/aromatic N) is 2. The van der Waals surface area contributed by atoms with Crippen molar-refractivity contribution in [3.05, 3.63) is 65.3 Å². The predicted octanol–water partition coefficient (Wildman–Crippen LogP) is 4.08. The first-order valence-electron chi connectivity index (χ1n) is 9.67. The number of hydrogen-bond donors (Lipinski definition) is 0. The molecular formula is C22H26N2O3S2. The largest absolute Gasteiger partial charge is 0.744 e. The summed E-state index contributed by atoms with van der Waals surface area (Å²) in [7, 11) is -2.12. The van der Waals surface area contributed by atoms with E-state index in [4.69, 9.17) is 0 Å². The molecule has 0 amide bonds. The normalized spacial score (nSPS) is 14.8. The van der Waals surface area contributed by atoms with E-state index in [1.807, 2.05) is 18.3 Å². The Kier molecular flexibility index (Phi) is 7.05. The number of rotatable bonds is 3. The highest BCUT2D eigenvalue weighted by Gasteiger charge is 2.14. The third-order valence-electron chi connectivity index (χ3n) is 4.90. The summed E-state index contributed by atoms with van der Waals surface area (Å²) in [6.07, 6.45) is 8.59. The van der Waals surface area contributed by atoms with Crippen LogP contribution in [-0.2, 0) is 17.2 Å². The zero-order valence-electron chi connectivity index (χ0n) is 16.7. The summed E-state index contributed by atoms with van der Waals surface area (Å²) in [5.74, 6) is 0. The number of aromatic nitrogens is 1. The van der Waals surface area contributed by atoms with Crippen LogP contribution in [0.4, 0.5) is 0 Å². The minimum atomic E-state index is -4.27. The van der Waals surface area contributed by atoms with Gasteiger partial charge in [0.15, 0.2) is 0 Å². The van der Waals surface area contributed by atoms with Gasteiger partial charge in [0.25, 0.3) is 5.01 Å². The molecule has 154 valence electrons. The van der Waals surface area contributed by atoms with Gasteiger partial charge in [0.1, 0.15) is 21.9 Å². The van der Waals surface area contributed by atoms with Crippen molar-refractivity contribution in [2.24, 2.45) is 7.05 Å². The number of aryl methyl sites for hydroxylation is 2. The smallest absolute Gasteiger partial charge is 0.263 e. The van der Waals surface area contributed by atoms with Crippen LogP contribution < -0.4 is 4.57 Å². The topological polar surface area (TPSA) is 64.3 Å². The van der Waals surface area contributed by atoms with Gasteiger partial charge in [0, 0.05) is 31.4 Å². The molecule has 1 aromatic heterocycles. The summed E-state index contributed by atoms with van der Waals surface area (Å²) >= 11 is 1.86. The molecule has 7 heteroatoms. The fourth-order valence-electron chi connectivity index (χ4n) is 3.21. The molecule has 0 unspecified atom stereocenters. The van der Waals surface area contributed by atoms with Crippen molar-refractivity contribution < 1.29 is 17.5 Å². The molecule has 1 fully saturated rings. The number of likely N-dealkylation sites (tertiary alicyclic amines) is 1. The first-order valence-corrected chi connectivity index (χ1v) is 11.9. The van der Waals surface area contributed by atoms with E-state index in [2.05, 4.69) is 53.1 Å². The minimum absolute atomic E-state index is 0.178. The summed E-state index contributed by atoms with van der Waals surface area (Å²) in [6.45, 7) is 4.25. The fourth-order valence-corrected chi connectivity index (χ4v) is 4.72. The number of fused-ring (bicyclic) bond motifs is 1. The molecule has 1 saturated heterocycles. The Labute approximate surface area is 176 Å². The maximum absolute atomic E-state index is 10.4. The molecule has 0 N–H and O–H groups in total. The molecule has 0 radical (unpaired) electrons. The molecule has 1 aliphatic rings. The zero-order valence-corrected chi connectivity index (χ0v) is 18.4. The Balaban J connectivity index is 0.000000188. The molecule has 2 aromatic carbocycles. The molecule has 1 aliphatic heterocycles. The van der Waals surface area contributed by atoms with Crippen molar-refractivity contribution in [1.29, 1.82) is 0 Å². The van der Waals surface area contributed by atoms with E-state index >= 15 is 0 Å². The Morgan fingerprint density at radius 2 is 1.69 bits per heavy atom. The van der Waals surface area contributed by atoms with Gasteiger partial charge < -0.3 is 9.45 Å². The molecule has 5 nitrogen and oxygen atoms in total. The molecule has 4 rings (SSSR count). The Bertz CT molecular complexity index is 1080. The minimum Gasteiger partial charge on any atom is -0.744 e. The summed E-state index contributed by atoms with van der Waals surface area (Å²) in [5, 5.41) is 1.32. The van der Waals surface area contributed by atoms with Crippen molar-refractivity contribution >= 4 is 37.7 Å². The van der Waals surface area contributed by atoms with Gasteiger partial charge in [-0.1, -0.05) is 41.2 Å². The number of piperidine rings is 1. The zero-order chi connectivity index (χ0) is 20.9. The molecule has 0 atom stereocenters. The molecule has 2 heterocycles. The molecule has 0 spiro atoms. The third kappa shape index (κ3) is 5.88. The van der Waals surface area contributed by atoms with Crippen LogP contribution in [0.1, 0.15) is 29.8 Å². The van der Waals surface area contributed by atoms with E-state index in [0.717, 1.165) is 5.56 Å². The lowest BCUT2D eigenvalue weighted by molar-refractivity contribution is -0.642. The SMILES string of the molecule is C[n+]1c(C=CN2CCCCC2)sc2ccccc21.Cc1ccc(S(=O)(=O)[O-])cc1. The van der Waals surface area contributed by atoms with Gasteiger partial charge in [-0.05, 0) is 44.4 Å². The molecule has 3 aromatic rings. The van der Waals surface area contributed by atoms with Crippen LogP contribution in [0, 0.1) is 6.92 Å². The lowest BCUT2D eigenvalue weighted by atomic mass is 10.1. The highest BCUT2D eigenvalue weighted by atomic mass is 32.2. The number of thiazole rings is 1. The molecule has 0 bridgehead atoms. The first-order chi connectivity index (χ1) is 13.8. The van der Waals surface area contributed by atoms with Gasteiger partial charge >= 0.3 is 0 Å². The maximum atomic E-state index is 10.4. The van der Waals surface area contributed by atoms with Gasteiger partial charge in [0.2, 0.25) is 5.52 Å². The molecular weight excluding hydrogens is 404 g/mol. The highest BCUT2D eigenvalue weighted by Crippen LogP contribution is 2.21. The predicted molar refractivity (Wildman–Crippen MR) is 117 cm³/mol. The summed E-state index contributed by atoms with van der Waals surface area (Å²) in [4.78, 5) is 2.26. The Hall–Kier alpha value is -2.22. The number of para-hydroxylation sites is 1. The molecule has 29 heavy (non-hydrogen) atoms. The van der Waals surface area contributed by atoms with Crippen molar-refractivity contribution in [1.82, 2.24) is 4.90 Å². The van der Waals surface area contributed by atoms with Crippen molar-refractivity contribution in [3.8, 4) is 0 Å². The van der Waals surface area contributed by atoms with Crippen LogP contribution in [0.5, 0.6) is 0 Å². The van der Waals surface area contributed by atoms with E-state index in [-0.39, 0.29) is 4.90 Å². The van der Waals surface area contributed by atoms with Gasteiger partial charge in [0.05, 0.1) is 4.90 Å². The third-order valence-corrected chi connectivity index (χ3v) is 6.93. The standard InChI is InChI=1S/C15H19N2S.C7H8O3S/c1-16-13-7-3-4-8-14(13)18-15(16)9-12-17-10-5-2-6-11-17;1-6-2-4-7(5-3-6)11(8,9)10/h3-4,7-9,12H,2,5-6,10-11H2,1H3;2-5H,1H3,(H,8,9,10)/q+1;/p-1. The van der Waals surface area contributed by atoms with E-state index in [1.54, 1.807) is 12.1 Å². The maximum Gasteiger partial charge on any atom is 0.263 e. The van der Waals surface area contributed by atoms with E-state index in [0.29, 0.717) is 0 Å². The van der Waals surface area contributed by atoms with Gasteiger partial charge in [-0.15, -0.1) is 0 Å². The molecule has 0 saturated carbocycles. The van der Waals surface area contributed by atoms with E-state index in [1.165, 1.54) is 59.7 Å². The van der Waals surface area contributed by atoms with Gasteiger partial charge in [-0.2, -0.15) is 4.57 Å². The second kappa shape index (κ2) is 9.52. The first kappa shape index (κ1) is 21.5. The monoisotopic (exact) mass is 430 g/mol. The van der Waals surface area contributed by atoms with Gasteiger partial charge in [-0.25, -0.2) is 8.42 Å². The Morgan fingerprint density at radius 1 is 1.03 bits per heavy atom. The highest BCUT2D eigenvalue weighted by molar-refractivity contribution is 7.85. The lowest BCUT2D eigenvalue weighted by Gasteiger charge is -2.24. The number of benzene rings is 2. The van der Waals surface area contributed by atoms with Crippen molar-refractivity contribution in [2.75, 3.05) is 13.1 Å². The van der Waals surface area contributed by atoms with Crippen LogP contribution in [-0.4, -0.2) is 31.0 Å². The summed E-state index contributed by atoms with van der Waals surface area (Å²) < 4.78 is 34.8. The average Bonchev–Trinajstić information content (AvgIpc) is 3.03. The van der Waals surface area contributed by atoms with Gasteiger partial charge in [-0.3, -0.25) is 0 Å². The number of hydrogen-bond acceptors (Lipinski definition) is 5. The van der Waals surface area contributed by atoms with Crippen LogP contribution in [0.25, 0.3) is 16.3 Å². The fraction of sp³-hybridized carbons (Fsp3) is 0.318. The van der Waals surface area contributed by atoms with Crippen LogP contribution >= 0.6 is 11.3 Å². The van der Waals surface area contributed by atoms with Crippen molar-refractivity contribution in [3.63, 3.8) is 0 Å². The van der Waals surface area contributed by atoms with Crippen LogP contribution in [0.3, 0.4) is 0 Å². The Morgan fingerprint density at radius 3 is 2.31 bits per heavy atom. The summed E-state index contributed by atoms with van der Waals surface area (Å²) in [6, 6.07) is 14.4. The van der Waals surface area contributed by atoms with E-state index in [9.17, 15) is 13.0 Å². The van der Waals surface area contributed by atoms with Crippen molar-refractivity contribution in [2.45, 2.75) is 31.1 Å². The lowest BCUT2D eigenvalue weighted by Crippen LogP contribution is -2.29. The molecule has 0 aliphatic carbocycles. The second-order valence-electron chi connectivity index (χ2n) is 7.15. The van der Waals surface area contributed by atoms with E-state index < -0.39 is 10.1 Å². The van der Waals surface area contributed by atoms with Crippen LogP contribution in [0.15, 0.2) is 59.6 Å². The van der Waals surface area contributed by atoms with Crippen LogP contribution in [0.2, 0.25) is 0 Å². The quantitative estimate of drug-likeness (QED) is 0.464. The average molecular weight is 431 g/mol. The summed E-state index contributed by atoms with van der Waals surface area (Å²) in [5.41, 5.74) is 2.25.